The van der Waals surface area contributed by atoms with Crippen molar-refractivity contribution in [2.75, 3.05) is 46.5 Å². The first kappa shape index (κ1) is 33.7. The van der Waals surface area contributed by atoms with Crippen LogP contribution < -0.4 is 5.32 Å². The van der Waals surface area contributed by atoms with Crippen LogP contribution in [-0.4, -0.2) is 91.3 Å². The number of benzene rings is 1. The number of ether oxygens (including phenoxy) is 2. The van der Waals surface area contributed by atoms with E-state index in [0.29, 0.717) is 26.0 Å². The third kappa shape index (κ3) is 8.04. The summed E-state index contributed by atoms with van der Waals surface area (Å²) >= 11 is 0. The Kier molecular flexibility index (Phi) is 13.6. The number of hydrogen-bond acceptors (Lipinski definition) is 6. The smallest absolute Gasteiger partial charge is 0.326 e. The average Bonchev–Trinajstić information content (AvgIpc) is 2.93. The minimum Gasteiger partial charge on any atom is -0.383 e. The van der Waals surface area contributed by atoms with Crippen LogP contribution in [0.15, 0.2) is 24.3 Å². The van der Waals surface area contributed by atoms with Crippen LogP contribution in [0.2, 0.25) is 0 Å². The van der Waals surface area contributed by atoms with Crippen LogP contribution in [0.3, 0.4) is 0 Å². The number of amides is 4. The molecule has 1 aliphatic rings. The van der Waals surface area contributed by atoms with Crippen molar-refractivity contribution >= 4 is 17.8 Å². The summed E-state index contributed by atoms with van der Waals surface area (Å²) in [4.78, 5) is 45.4. The molecule has 0 radical (unpaired) electrons. The fraction of sp³-hybridized carbons (Fsp3) is 0.710. The maximum Gasteiger partial charge on any atom is 0.326 e. The molecule has 1 aliphatic heterocycles. The topological polar surface area (TPSA) is 91.4 Å². The highest BCUT2D eigenvalue weighted by Crippen LogP contribution is 2.46. The Labute approximate surface area is 241 Å². The Morgan fingerprint density at radius 3 is 2.23 bits per heavy atom. The second kappa shape index (κ2) is 16.1. The monoisotopic (exact) mass is 560 g/mol. The summed E-state index contributed by atoms with van der Waals surface area (Å²) in [6.07, 6.45) is 1.89. The zero-order valence-corrected chi connectivity index (χ0v) is 26.0. The lowest BCUT2D eigenvalue weighted by Crippen LogP contribution is -2.73. The van der Waals surface area contributed by atoms with Crippen LogP contribution in [0.4, 0.5) is 4.79 Å². The van der Waals surface area contributed by atoms with E-state index in [1.165, 1.54) is 4.90 Å². The molecule has 1 aromatic carbocycles. The van der Waals surface area contributed by atoms with Gasteiger partial charge in [0.1, 0.15) is 6.61 Å². The van der Waals surface area contributed by atoms with Crippen molar-refractivity contribution in [2.24, 2.45) is 5.41 Å². The first-order valence-electron chi connectivity index (χ1n) is 14.9. The quantitative estimate of drug-likeness (QED) is 0.277. The molecule has 1 N–H and O–H groups in total. The maximum atomic E-state index is 13.5. The summed E-state index contributed by atoms with van der Waals surface area (Å²) in [5.74, 6) is -0.397. The van der Waals surface area contributed by atoms with Crippen molar-refractivity contribution in [3.8, 4) is 0 Å². The number of nitrogens with zero attached hydrogens (tertiary/aromatic N) is 3. The van der Waals surface area contributed by atoms with Gasteiger partial charge >= 0.3 is 6.03 Å². The van der Waals surface area contributed by atoms with Crippen molar-refractivity contribution in [3.05, 3.63) is 35.4 Å². The fourth-order valence-corrected chi connectivity index (χ4v) is 5.40. The number of aryl methyl sites for hydroxylation is 1. The molecule has 2 rings (SSSR count). The molecule has 226 valence electrons. The van der Waals surface area contributed by atoms with E-state index in [1.807, 2.05) is 58.9 Å². The Balaban J connectivity index is 2.14. The lowest BCUT2D eigenvalue weighted by molar-refractivity contribution is -0.212. The van der Waals surface area contributed by atoms with Crippen molar-refractivity contribution in [2.45, 2.75) is 92.5 Å². The number of methoxy groups -OCH3 is 1. The van der Waals surface area contributed by atoms with E-state index < -0.39 is 17.7 Å². The predicted octanol–water partition coefficient (Wildman–Crippen LogP) is 4.74. The van der Waals surface area contributed by atoms with Crippen molar-refractivity contribution in [3.63, 3.8) is 0 Å². The van der Waals surface area contributed by atoms with Gasteiger partial charge in [-0.05, 0) is 52.1 Å². The van der Waals surface area contributed by atoms with Gasteiger partial charge in [-0.25, -0.2) is 9.69 Å². The van der Waals surface area contributed by atoms with Gasteiger partial charge in [0.15, 0.2) is 6.23 Å². The van der Waals surface area contributed by atoms with E-state index in [2.05, 4.69) is 24.1 Å². The summed E-state index contributed by atoms with van der Waals surface area (Å²) < 4.78 is 11.4. The molecular weight excluding hydrogens is 508 g/mol. The number of β-lactam (4-membered cyclic amide) rings is 1. The van der Waals surface area contributed by atoms with E-state index in [0.717, 1.165) is 43.6 Å². The molecule has 0 saturated carbocycles. The number of urea groups is 1. The molecule has 1 saturated heterocycles. The number of rotatable bonds is 17. The molecule has 0 aliphatic carbocycles. The van der Waals surface area contributed by atoms with Crippen LogP contribution in [-0.2, 0) is 19.1 Å². The van der Waals surface area contributed by atoms with Gasteiger partial charge in [-0.1, -0.05) is 63.9 Å². The molecule has 1 fully saturated rings. The summed E-state index contributed by atoms with van der Waals surface area (Å²) in [7, 11) is 1.68. The molecular formula is C31H52N4O5. The van der Waals surface area contributed by atoms with E-state index in [4.69, 9.17) is 9.47 Å². The number of nitrogens with one attached hydrogen (secondary N) is 1. The Bertz CT molecular complexity index is 948. The molecule has 40 heavy (non-hydrogen) atoms. The van der Waals surface area contributed by atoms with E-state index in [-0.39, 0.29) is 30.5 Å². The van der Waals surface area contributed by atoms with Gasteiger partial charge in [0, 0.05) is 32.8 Å². The SMILES string of the molecule is CCC[C@@H](NC(=O)N1C(=O)C(CC)(CC)C1OCC(=O)N(CCN(CC)CCOC)C(C)C)c1ccc(C)cc1. The number of hydrogen-bond donors (Lipinski definition) is 1. The summed E-state index contributed by atoms with van der Waals surface area (Å²) in [6, 6.07) is 7.36. The highest BCUT2D eigenvalue weighted by atomic mass is 16.5. The Hall–Kier alpha value is -2.49. The van der Waals surface area contributed by atoms with Crippen molar-refractivity contribution < 1.29 is 23.9 Å². The third-order valence-electron chi connectivity index (χ3n) is 8.21. The van der Waals surface area contributed by atoms with E-state index in [1.54, 1.807) is 12.0 Å². The molecule has 9 nitrogen and oxygen atoms in total. The van der Waals surface area contributed by atoms with Gasteiger partial charge in [-0.3, -0.25) is 14.5 Å². The molecule has 0 aromatic heterocycles. The van der Waals surface area contributed by atoms with Gasteiger partial charge in [-0.15, -0.1) is 0 Å². The predicted molar refractivity (Wildman–Crippen MR) is 158 cm³/mol. The summed E-state index contributed by atoms with van der Waals surface area (Å²) in [5, 5.41) is 3.06. The number of imide groups is 1. The molecule has 4 amide bonds. The summed E-state index contributed by atoms with van der Waals surface area (Å²) in [6.45, 7) is 17.4. The van der Waals surface area contributed by atoms with Gasteiger partial charge in [-0.2, -0.15) is 0 Å². The molecule has 1 heterocycles. The largest absolute Gasteiger partial charge is 0.383 e. The number of carbonyl (C=O) groups excluding carboxylic acids is 3. The number of likely N-dealkylation sites (tertiary alicyclic amines) is 1. The van der Waals surface area contributed by atoms with Crippen molar-refractivity contribution in [1.82, 2.24) is 20.0 Å². The van der Waals surface area contributed by atoms with Gasteiger partial charge in [0.05, 0.1) is 18.1 Å². The highest BCUT2D eigenvalue weighted by molar-refractivity contribution is 6.03. The first-order valence-corrected chi connectivity index (χ1v) is 14.9. The van der Waals surface area contributed by atoms with E-state index >= 15 is 0 Å². The Morgan fingerprint density at radius 2 is 1.70 bits per heavy atom. The molecule has 0 bridgehead atoms. The minimum absolute atomic E-state index is 0.00826. The highest BCUT2D eigenvalue weighted by Gasteiger charge is 2.62. The van der Waals surface area contributed by atoms with Crippen LogP contribution in [0.25, 0.3) is 0 Å². The van der Waals surface area contributed by atoms with Gasteiger partial charge in [0.25, 0.3) is 0 Å². The summed E-state index contributed by atoms with van der Waals surface area (Å²) in [5.41, 5.74) is 1.33. The van der Waals surface area contributed by atoms with Gasteiger partial charge in [0.2, 0.25) is 11.8 Å². The number of carbonyl (C=O) groups is 3. The van der Waals surface area contributed by atoms with Crippen LogP contribution in [0.5, 0.6) is 0 Å². The van der Waals surface area contributed by atoms with Crippen LogP contribution >= 0.6 is 0 Å². The standard InChI is InChI=1S/C31H52N4O5/c1-9-13-26(25-16-14-24(7)15-17-25)32-30(38)35-28(37)31(10-2,11-3)29(35)40-22-27(36)34(23(5)6)19-18-33(12-4)20-21-39-8/h14-17,23,26,29H,9-13,18-22H2,1-8H3,(H,32,38)/t26-,29?/m1/s1. The second-order valence-electron chi connectivity index (χ2n) is 11.0. The second-order valence-corrected chi connectivity index (χ2v) is 11.0. The zero-order valence-electron chi connectivity index (χ0n) is 26.0. The maximum absolute atomic E-state index is 13.5. The lowest BCUT2D eigenvalue weighted by Gasteiger charge is -2.53. The lowest BCUT2D eigenvalue weighted by atomic mass is 9.72. The van der Waals surface area contributed by atoms with Crippen molar-refractivity contribution in [1.29, 1.82) is 0 Å². The van der Waals surface area contributed by atoms with Gasteiger partial charge < -0.3 is 19.7 Å². The van der Waals surface area contributed by atoms with E-state index in [9.17, 15) is 14.4 Å². The fourth-order valence-electron chi connectivity index (χ4n) is 5.40. The molecule has 1 aromatic rings. The molecule has 9 heteroatoms. The van der Waals surface area contributed by atoms with Crippen LogP contribution in [0, 0.1) is 12.3 Å². The Morgan fingerprint density at radius 1 is 1.05 bits per heavy atom. The zero-order chi connectivity index (χ0) is 29.9. The van der Waals surface area contributed by atoms with Crippen LogP contribution in [0.1, 0.15) is 84.4 Å². The molecule has 2 atom stereocenters. The minimum atomic E-state index is -0.816. The normalized spacial score (nSPS) is 17.2. The molecule has 1 unspecified atom stereocenters. The first-order chi connectivity index (χ1) is 19.1. The molecule has 0 spiro atoms. The third-order valence-corrected chi connectivity index (χ3v) is 8.21. The number of likely N-dealkylation sites (N-methyl/N-ethyl adjacent to an activating group) is 1. The average molecular weight is 561 g/mol.